The number of piperidine rings is 4. The Labute approximate surface area is 588 Å². The van der Waals surface area contributed by atoms with Crippen molar-refractivity contribution in [2.24, 2.45) is 47.3 Å². The second-order valence-electron chi connectivity index (χ2n) is 26.2. The Morgan fingerprint density at radius 2 is 0.833 bits per heavy atom. The van der Waals surface area contributed by atoms with Crippen molar-refractivity contribution >= 4 is 41.0 Å². The van der Waals surface area contributed by atoms with Gasteiger partial charge in [-0.3, -0.25) is 33.6 Å². The maximum atomic E-state index is 13.5. The van der Waals surface area contributed by atoms with Crippen LogP contribution in [-0.4, -0.2) is 125 Å². The smallest absolute Gasteiger partial charge is 0.857 e. The fourth-order valence-electron chi connectivity index (χ4n) is 17.5. The zero-order valence-corrected chi connectivity index (χ0v) is 58.6. The number of benzene rings is 4. The van der Waals surface area contributed by atoms with E-state index >= 15 is 0 Å². The number of Topliss-reactive ketones (excluding diaryl/α,β-unsaturated/α-hetero) is 3. The van der Waals surface area contributed by atoms with Gasteiger partial charge in [0, 0.05) is 81.6 Å². The number of hydrogen-bond acceptors (Lipinski definition) is 13. The maximum absolute atomic E-state index is 13.5. The summed E-state index contributed by atoms with van der Waals surface area (Å²) < 4.78 is 5.51. The monoisotopic (exact) mass is 1310 g/mol. The molecule has 4 amide bonds. The summed E-state index contributed by atoms with van der Waals surface area (Å²) in [4.78, 5) is 98.3. The van der Waals surface area contributed by atoms with Crippen molar-refractivity contribution in [3.63, 3.8) is 0 Å². The molecule has 5 fully saturated rings. The summed E-state index contributed by atoms with van der Waals surface area (Å²) in [6, 6.07) is 45.3. The summed E-state index contributed by atoms with van der Waals surface area (Å²) in [7, 11) is 0.750. The minimum Gasteiger partial charge on any atom is -0.857 e. The van der Waals surface area contributed by atoms with Crippen LogP contribution in [0.4, 0.5) is 0 Å². The van der Waals surface area contributed by atoms with Crippen molar-refractivity contribution in [3.8, 4) is 18.2 Å². The minimum atomic E-state index is -0.895. The number of hydrogen-bond donors (Lipinski definition) is 0. The molecule has 96 heavy (non-hydrogen) atoms. The van der Waals surface area contributed by atoms with Crippen molar-refractivity contribution in [1.29, 1.82) is 15.8 Å². The average Bonchev–Trinajstić information content (AvgIpc) is 0.834. The number of fused-ring (bicyclic) bond motifs is 5. The Bertz CT molecular complexity index is 3700. The first-order chi connectivity index (χ1) is 45.4. The summed E-state index contributed by atoms with van der Waals surface area (Å²) in [6.45, 7) is 21.3. The molecule has 0 radical (unpaired) electrons. The van der Waals surface area contributed by atoms with Crippen LogP contribution in [0, 0.1) is 81.3 Å². The van der Waals surface area contributed by atoms with Gasteiger partial charge in [0.15, 0.2) is 17.3 Å². The van der Waals surface area contributed by atoms with Gasteiger partial charge >= 0.3 is 29.6 Å². The second-order valence-corrected chi connectivity index (χ2v) is 26.2. The first kappa shape index (κ1) is 75.3. The topological polar surface area (TPSA) is 253 Å². The molecule has 1 unspecified atom stereocenters. The number of likely N-dealkylation sites (N-methyl/N-ethyl adjacent to an activating group) is 4. The second kappa shape index (κ2) is 31.8. The first-order valence-corrected chi connectivity index (χ1v) is 33.4. The third-order valence-corrected chi connectivity index (χ3v) is 22.3. The largest absolute Gasteiger partial charge is 1.00 e. The number of carbonyl (C=O) groups is 7. The van der Waals surface area contributed by atoms with E-state index in [0.717, 1.165) is 79.5 Å². The van der Waals surface area contributed by atoms with E-state index in [2.05, 4.69) is 37.2 Å². The molecule has 13 atom stereocenters. The van der Waals surface area contributed by atoms with Crippen LogP contribution in [0.3, 0.4) is 0 Å². The van der Waals surface area contributed by atoms with Gasteiger partial charge in [0.1, 0.15) is 23.8 Å². The van der Waals surface area contributed by atoms with Gasteiger partial charge in [-0.2, -0.15) is 22.9 Å². The fourth-order valence-corrected chi connectivity index (χ4v) is 17.5. The predicted octanol–water partition coefficient (Wildman–Crippen LogP) is 7.22. The molecule has 0 bridgehead atoms. The molecule has 13 rings (SSSR count). The van der Waals surface area contributed by atoms with Crippen molar-refractivity contribution < 1.29 is 72.7 Å². The van der Waals surface area contributed by atoms with Crippen LogP contribution in [0.2, 0.25) is 0 Å². The van der Waals surface area contributed by atoms with Crippen LogP contribution in [0.1, 0.15) is 134 Å². The zero-order valence-electron chi connectivity index (χ0n) is 56.6. The number of nitriles is 3. The summed E-state index contributed by atoms with van der Waals surface area (Å²) >= 11 is 0. The minimum absolute atomic E-state index is 0. The van der Waals surface area contributed by atoms with E-state index in [1.807, 2.05) is 182 Å². The van der Waals surface area contributed by atoms with Crippen LogP contribution in [0.25, 0.3) is 0 Å². The molecule has 4 aromatic carbocycles. The number of allylic oxidation sites excluding steroid dienone is 2. The Balaban J connectivity index is 0.000000178. The normalized spacial score (nSPS) is 30.0. The number of likely N-dealkylation sites (tertiary alicyclic amines) is 4. The van der Waals surface area contributed by atoms with Crippen molar-refractivity contribution in [2.75, 3.05) is 59.5 Å². The number of nitrogens with zero attached hydrogens (tertiary/aromatic N) is 8. The molecule has 17 nitrogen and oxygen atoms in total. The van der Waals surface area contributed by atoms with Gasteiger partial charge in [0.25, 0.3) is 0 Å². The molecule has 4 saturated heterocycles. The van der Waals surface area contributed by atoms with E-state index in [4.69, 9.17) is 9.63 Å². The standard InChI is InChI=1S/2C19H22N2O2.2C19H20N2O2.CH3O.CH4.Na/c1-3-21-10-9-16-13(2)17-14(12-20-23-17)11-19(16,18(21)22)15-7-5-4-6-8-15;3*1-3-21-10-9-16-13(2)17(22)14(12-20)11-19(16,18(21)23)15-7-5-4-6-8-15;1-2;;/h4-8,12-13,16H,3,9-11H2,1-2H3;4-8,13-14,16H,3,9-11H2,1-2H3;2*4-8,11,13,16H,3,9-10H2,1-2H3;1H3;1H4;/q;;;;-1;;+1/t13-,16-,19+;13-,14?,16-,19+;2*13-,16-,19+;;;/m0010.../s1. The number of amides is 4. The van der Waals surface area contributed by atoms with Crippen LogP contribution in [-0.2, 0) is 61.6 Å². The third kappa shape index (κ3) is 12.8. The van der Waals surface area contributed by atoms with Crippen molar-refractivity contribution in [3.05, 3.63) is 184 Å². The molecule has 498 valence electrons. The molecular formula is C78H91N8NaO9. The number of rotatable bonds is 8. The molecule has 0 spiro atoms. The third-order valence-electron chi connectivity index (χ3n) is 22.3. The summed E-state index contributed by atoms with van der Waals surface area (Å²) in [5, 5.41) is 40.4. The van der Waals surface area contributed by atoms with Gasteiger partial charge in [0.05, 0.1) is 45.1 Å². The number of ketones is 3. The Kier molecular flexibility index (Phi) is 25.0. The zero-order chi connectivity index (χ0) is 67.9. The van der Waals surface area contributed by atoms with Crippen LogP contribution >= 0.6 is 0 Å². The van der Waals surface area contributed by atoms with E-state index < -0.39 is 27.6 Å². The molecule has 1 aromatic heterocycles. The van der Waals surface area contributed by atoms with E-state index in [-0.39, 0.29) is 136 Å². The van der Waals surface area contributed by atoms with Crippen LogP contribution in [0.15, 0.2) is 155 Å². The van der Waals surface area contributed by atoms with Crippen molar-refractivity contribution in [2.45, 2.75) is 129 Å². The van der Waals surface area contributed by atoms with Gasteiger partial charge in [0.2, 0.25) is 23.6 Å². The molecule has 18 heteroatoms. The SMILES string of the molecule is C.CCN1CC[C@@H]2[C@@H](C)C(=O)C(C#N)=C[C@@]2(c2ccccc2)C1=O.CCN1CC[C@H]2[C@H](C)C(=O)C(C#N)=C[C@]2(c2ccccc2)C1=O.CCN1CC[C@H]2[C@H](C)C(=O)C(C#N)C[C@]2(c2ccccc2)C1=O.CCN1CC[C@H]2[C@H](C)c3oncc3C[C@]2(c2ccccc2)C1=O.C[O-].[Na+]. The summed E-state index contributed by atoms with van der Waals surface area (Å²) in [5.74, 6) is -0.247. The molecule has 0 N–H and O–H groups in total. The van der Waals surface area contributed by atoms with E-state index in [0.29, 0.717) is 52.1 Å². The van der Waals surface area contributed by atoms with E-state index in [9.17, 15) is 49.3 Å². The average molecular weight is 1310 g/mol. The number of aromatic nitrogens is 1. The first-order valence-electron chi connectivity index (χ1n) is 33.4. The fraction of sp³-hybridized carbons (Fsp3) is 0.474. The van der Waals surface area contributed by atoms with Crippen molar-refractivity contribution in [1.82, 2.24) is 24.8 Å². The molecule has 4 aliphatic heterocycles. The van der Waals surface area contributed by atoms with E-state index in [1.165, 1.54) is 0 Å². The number of carbonyl (C=O) groups excluding carboxylic acids is 7. The Hall–Kier alpha value is -8.11. The Morgan fingerprint density at radius 1 is 0.490 bits per heavy atom. The molecular weight excluding hydrogens is 1220 g/mol. The predicted molar refractivity (Wildman–Crippen MR) is 359 cm³/mol. The van der Waals surface area contributed by atoms with Crippen LogP contribution < -0.4 is 34.7 Å². The molecule has 4 aliphatic carbocycles. The summed E-state index contributed by atoms with van der Waals surface area (Å²) in [6.07, 6.45) is 9.46. The summed E-state index contributed by atoms with van der Waals surface area (Å²) in [5.41, 5.74) is 2.15. The van der Waals surface area contributed by atoms with Gasteiger partial charge in [-0.1, -0.05) is 162 Å². The van der Waals surface area contributed by atoms with Crippen LogP contribution in [0.5, 0.6) is 0 Å². The molecule has 1 saturated carbocycles. The van der Waals surface area contributed by atoms with E-state index in [1.54, 1.807) is 18.3 Å². The molecule has 5 heterocycles. The quantitative estimate of drug-likeness (QED) is 0.139. The van der Waals surface area contributed by atoms with Gasteiger partial charge in [-0.15, -0.1) is 0 Å². The van der Waals surface area contributed by atoms with Gasteiger partial charge in [-0.25, -0.2) is 0 Å². The maximum Gasteiger partial charge on any atom is 1.00 e. The molecule has 5 aromatic rings. The molecule has 8 aliphatic rings. The van der Waals surface area contributed by atoms with Gasteiger partial charge < -0.3 is 29.2 Å². The van der Waals surface area contributed by atoms with Gasteiger partial charge in [-0.05, 0) is 124 Å². The Morgan fingerprint density at radius 3 is 1.21 bits per heavy atom.